The second-order valence-electron chi connectivity index (χ2n) is 6.87. The molecule has 3 rings (SSSR count). The number of ether oxygens (including phenoxy) is 2. The summed E-state index contributed by atoms with van der Waals surface area (Å²) in [5.74, 6) is 1.99. The van der Waals surface area contributed by atoms with Gasteiger partial charge in [-0.25, -0.2) is 0 Å². The summed E-state index contributed by atoms with van der Waals surface area (Å²) < 4.78 is 11.1. The van der Waals surface area contributed by atoms with Crippen LogP contribution in [0.2, 0.25) is 0 Å². The zero-order valence-electron chi connectivity index (χ0n) is 15.7. The van der Waals surface area contributed by atoms with E-state index in [0.717, 1.165) is 36.8 Å². The molecule has 0 saturated heterocycles. The van der Waals surface area contributed by atoms with Crippen LogP contribution < -0.4 is 15.8 Å². The molecule has 0 amide bonds. The molecule has 146 valence electrons. The maximum Gasteiger partial charge on any atom is 0.193 e. The second-order valence-corrected chi connectivity index (χ2v) is 6.87. The van der Waals surface area contributed by atoms with Crippen molar-refractivity contribution in [2.75, 3.05) is 25.6 Å². The van der Waals surface area contributed by atoms with Crippen LogP contribution in [0.15, 0.2) is 59.6 Å². The fraction of sp³-hybridized carbons (Fsp3) is 0.381. The number of hydrogen-bond acceptors (Lipinski definition) is 3. The predicted molar refractivity (Wildman–Crippen MR) is 121 cm³/mol. The van der Waals surface area contributed by atoms with E-state index in [2.05, 4.69) is 10.3 Å². The van der Waals surface area contributed by atoms with Crippen LogP contribution in [0.5, 0.6) is 11.5 Å². The molecule has 3 N–H and O–H groups in total. The van der Waals surface area contributed by atoms with Gasteiger partial charge in [-0.2, -0.15) is 0 Å². The Kier molecular flexibility index (Phi) is 8.37. The summed E-state index contributed by atoms with van der Waals surface area (Å²) in [5, 5.41) is 3.16. The molecule has 0 heterocycles. The summed E-state index contributed by atoms with van der Waals surface area (Å²) in [6.45, 7) is 1.52. The van der Waals surface area contributed by atoms with Gasteiger partial charge in [0, 0.05) is 32.0 Å². The van der Waals surface area contributed by atoms with Crippen molar-refractivity contribution in [3.63, 3.8) is 0 Å². The molecule has 2 aromatic rings. The van der Waals surface area contributed by atoms with Crippen molar-refractivity contribution in [3.8, 4) is 11.5 Å². The van der Waals surface area contributed by atoms with Crippen molar-refractivity contribution in [2.45, 2.75) is 25.7 Å². The fourth-order valence-corrected chi connectivity index (χ4v) is 3.18. The number of benzene rings is 2. The van der Waals surface area contributed by atoms with Crippen molar-refractivity contribution in [2.24, 2.45) is 16.1 Å². The largest absolute Gasteiger partial charge is 0.457 e. The first-order valence-corrected chi connectivity index (χ1v) is 9.08. The van der Waals surface area contributed by atoms with Gasteiger partial charge < -0.3 is 20.5 Å². The van der Waals surface area contributed by atoms with Gasteiger partial charge in [-0.1, -0.05) is 30.7 Å². The molecule has 6 heteroatoms. The van der Waals surface area contributed by atoms with Crippen LogP contribution in [-0.4, -0.2) is 26.2 Å². The van der Waals surface area contributed by atoms with Gasteiger partial charge in [0.05, 0.1) is 0 Å². The zero-order valence-corrected chi connectivity index (χ0v) is 18.0. The Balaban J connectivity index is 0.00000261. The molecule has 1 saturated carbocycles. The SMILES string of the molecule is COCCC1(CN=C(N)Nc2cccc(Oc3ccccc3)c2)CCC1.I. The van der Waals surface area contributed by atoms with Crippen LogP contribution in [0.25, 0.3) is 0 Å². The lowest BCUT2D eigenvalue weighted by molar-refractivity contribution is 0.0780. The van der Waals surface area contributed by atoms with E-state index in [0.29, 0.717) is 5.96 Å². The van der Waals surface area contributed by atoms with Gasteiger partial charge in [0.15, 0.2) is 5.96 Å². The second kappa shape index (κ2) is 10.5. The Bertz CT molecular complexity index is 733. The minimum Gasteiger partial charge on any atom is -0.457 e. The third kappa shape index (κ3) is 6.39. The van der Waals surface area contributed by atoms with Crippen molar-refractivity contribution >= 4 is 35.6 Å². The lowest BCUT2D eigenvalue weighted by Crippen LogP contribution is -2.35. The Hall–Kier alpha value is -1.80. The smallest absolute Gasteiger partial charge is 0.193 e. The molecule has 1 aliphatic rings. The first-order chi connectivity index (χ1) is 12.7. The molecule has 0 aliphatic heterocycles. The third-order valence-electron chi connectivity index (χ3n) is 4.92. The van der Waals surface area contributed by atoms with Crippen LogP contribution in [0, 0.1) is 5.41 Å². The van der Waals surface area contributed by atoms with Gasteiger partial charge in [-0.05, 0) is 48.9 Å². The van der Waals surface area contributed by atoms with Gasteiger partial charge in [0.2, 0.25) is 0 Å². The maximum absolute atomic E-state index is 6.09. The van der Waals surface area contributed by atoms with Crippen LogP contribution in [-0.2, 0) is 4.74 Å². The Labute approximate surface area is 178 Å². The number of halogens is 1. The average molecular weight is 481 g/mol. The van der Waals surface area contributed by atoms with E-state index in [1.165, 1.54) is 19.3 Å². The molecule has 0 bridgehead atoms. The number of para-hydroxylation sites is 1. The molecule has 1 fully saturated rings. The number of guanidine groups is 1. The van der Waals surface area contributed by atoms with Gasteiger partial charge in [-0.15, -0.1) is 24.0 Å². The van der Waals surface area contributed by atoms with Crippen LogP contribution >= 0.6 is 24.0 Å². The van der Waals surface area contributed by atoms with E-state index in [1.807, 2.05) is 54.6 Å². The van der Waals surface area contributed by atoms with Gasteiger partial charge >= 0.3 is 0 Å². The quantitative estimate of drug-likeness (QED) is 0.315. The minimum absolute atomic E-state index is 0. The first kappa shape index (κ1) is 21.5. The van der Waals surface area contributed by atoms with E-state index in [9.17, 15) is 0 Å². The van der Waals surface area contributed by atoms with E-state index in [-0.39, 0.29) is 29.4 Å². The number of nitrogens with zero attached hydrogens (tertiary/aromatic N) is 1. The number of nitrogens with two attached hydrogens (primary N) is 1. The number of aliphatic imine (C=N–C) groups is 1. The number of nitrogens with one attached hydrogen (secondary N) is 1. The van der Waals surface area contributed by atoms with E-state index < -0.39 is 0 Å². The number of methoxy groups -OCH3 is 1. The highest BCUT2D eigenvalue weighted by Crippen LogP contribution is 2.44. The third-order valence-corrected chi connectivity index (χ3v) is 4.92. The lowest BCUT2D eigenvalue weighted by atomic mass is 9.67. The summed E-state index contributed by atoms with van der Waals surface area (Å²) in [6.07, 6.45) is 4.72. The molecule has 1 aliphatic carbocycles. The molecule has 0 unspecified atom stereocenters. The molecular formula is C21H28IN3O2. The van der Waals surface area contributed by atoms with Crippen LogP contribution in [0.4, 0.5) is 5.69 Å². The first-order valence-electron chi connectivity index (χ1n) is 9.08. The van der Waals surface area contributed by atoms with Crippen molar-refractivity contribution in [1.82, 2.24) is 0 Å². The van der Waals surface area contributed by atoms with Crippen molar-refractivity contribution in [1.29, 1.82) is 0 Å². The molecular weight excluding hydrogens is 453 g/mol. The molecule has 0 atom stereocenters. The molecule has 27 heavy (non-hydrogen) atoms. The molecule has 5 nitrogen and oxygen atoms in total. The number of hydrogen-bond donors (Lipinski definition) is 2. The molecule has 0 aromatic heterocycles. The highest BCUT2D eigenvalue weighted by Gasteiger charge is 2.36. The Morgan fingerprint density at radius 3 is 2.52 bits per heavy atom. The Morgan fingerprint density at radius 2 is 1.85 bits per heavy atom. The van der Waals surface area contributed by atoms with E-state index in [4.69, 9.17) is 15.2 Å². The predicted octanol–water partition coefficient (Wildman–Crippen LogP) is 5.03. The maximum atomic E-state index is 6.09. The van der Waals surface area contributed by atoms with Crippen molar-refractivity contribution < 1.29 is 9.47 Å². The van der Waals surface area contributed by atoms with Crippen LogP contribution in [0.3, 0.4) is 0 Å². The standard InChI is InChI=1S/C21H27N3O2.HI/c1-25-14-13-21(11-6-12-21)16-23-20(22)24-17-7-5-10-19(15-17)26-18-8-3-2-4-9-18;/h2-5,7-10,15H,6,11-14,16H2,1H3,(H3,22,23,24);1H. The van der Waals surface area contributed by atoms with E-state index in [1.54, 1.807) is 7.11 Å². The fourth-order valence-electron chi connectivity index (χ4n) is 3.18. The summed E-state index contributed by atoms with van der Waals surface area (Å²) in [5.41, 5.74) is 7.21. The summed E-state index contributed by atoms with van der Waals surface area (Å²) in [6, 6.07) is 17.4. The number of anilines is 1. The highest BCUT2D eigenvalue weighted by atomic mass is 127. The summed E-state index contributed by atoms with van der Waals surface area (Å²) >= 11 is 0. The van der Waals surface area contributed by atoms with Gasteiger partial charge in [-0.3, -0.25) is 4.99 Å². The zero-order chi connectivity index (χ0) is 18.2. The van der Waals surface area contributed by atoms with Crippen LogP contribution in [0.1, 0.15) is 25.7 Å². The normalized spacial score (nSPS) is 15.4. The minimum atomic E-state index is 0. The summed E-state index contributed by atoms with van der Waals surface area (Å²) in [7, 11) is 1.75. The van der Waals surface area contributed by atoms with Gasteiger partial charge in [0.25, 0.3) is 0 Å². The highest BCUT2D eigenvalue weighted by molar-refractivity contribution is 14.0. The van der Waals surface area contributed by atoms with Crippen molar-refractivity contribution in [3.05, 3.63) is 54.6 Å². The molecule has 0 radical (unpaired) electrons. The molecule has 0 spiro atoms. The Morgan fingerprint density at radius 1 is 1.11 bits per heavy atom. The van der Waals surface area contributed by atoms with Gasteiger partial charge in [0.1, 0.15) is 11.5 Å². The monoisotopic (exact) mass is 481 g/mol. The van der Waals surface area contributed by atoms with E-state index >= 15 is 0 Å². The lowest BCUT2D eigenvalue weighted by Gasteiger charge is -2.40. The average Bonchev–Trinajstić information content (AvgIpc) is 2.62. The molecule has 2 aromatic carbocycles. The summed E-state index contributed by atoms with van der Waals surface area (Å²) in [4.78, 5) is 4.57. The number of rotatable bonds is 8. The topological polar surface area (TPSA) is 68.9 Å².